The molecule has 0 aromatic heterocycles. The third-order valence-corrected chi connectivity index (χ3v) is 4.82. The summed E-state index contributed by atoms with van der Waals surface area (Å²) in [6.07, 6.45) is 0. The zero-order chi connectivity index (χ0) is 18.4. The number of amides is 1. The largest absolute Gasteiger partial charge is 0.497 e. The predicted octanol–water partition coefficient (Wildman–Crippen LogP) is 3.21. The fourth-order valence-corrected chi connectivity index (χ4v) is 2.88. The molecule has 2 N–H and O–H groups in total. The third kappa shape index (κ3) is 4.84. The van der Waals surface area contributed by atoms with Gasteiger partial charge in [0.05, 0.1) is 20.3 Å². The van der Waals surface area contributed by atoms with Gasteiger partial charge in [-0.3, -0.25) is 4.79 Å². The van der Waals surface area contributed by atoms with E-state index in [0.717, 1.165) is 35.7 Å². The molecule has 1 aliphatic heterocycles. The smallest absolute Gasteiger partial charge is 0.227 e. The Morgan fingerprint density at radius 3 is 2.54 bits per heavy atom. The van der Waals surface area contributed by atoms with Crippen molar-refractivity contribution < 1.29 is 14.3 Å². The summed E-state index contributed by atoms with van der Waals surface area (Å²) in [6.45, 7) is 4.87. The molecule has 5 heteroatoms. The summed E-state index contributed by atoms with van der Waals surface area (Å²) in [7, 11) is 1.65. The average molecular weight is 354 g/mol. The van der Waals surface area contributed by atoms with Crippen LogP contribution in [-0.4, -0.2) is 26.1 Å². The highest BCUT2D eigenvalue weighted by atomic mass is 16.5. The Morgan fingerprint density at radius 1 is 1.15 bits per heavy atom. The van der Waals surface area contributed by atoms with Crippen molar-refractivity contribution in [2.45, 2.75) is 20.1 Å². The van der Waals surface area contributed by atoms with E-state index in [1.54, 1.807) is 7.11 Å². The van der Waals surface area contributed by atoms with Crippen molar-refractivity contribution in [2.75, 3.05) is 25.5 Å². The normalized spacial score (nSPS) is 15.2. The number of hydrogen-bond donors (Lipinski definition) is 2. The molecule has 0 aliphatic carbocycles. The van der Waals surface area contributed by atoms with Crippen LogP contribution in [0.1, 0.15) is 18.1 Å². The van der Waals surface area contributed by atoms with Gasteiger partial charge in [-0.15, -0.1) is 0 Å². The lowest BCUT2D eigenvalue weighted by Crippen LogP contribution is -2.48. The first kappa shape index (κ1) is 18.4. The second-order valence-electron chi connectivity index (χ2n) is 6.74. The Labute approximate surface area is 154 Å². The number of benzene rings is 2. The van der Waals surface area contributed by atoms with Crippen molar-refractivity contribution in [1.29, 1.82) is 0 Å². The van der Waals surface area contributed by atoms with Gasteiger partial charge in [0, 0.05) is 11.6 Å². The molecule has 5 nitrogen and oxygen atoms in total. The van der Waals surface area contributed by atoms with Gasteiger partial charge in [-0.25, -0.2) is 0 Å². The number of carbonyl (C=O) groups excluding carboxylic acids is 1. The minimum absolute atomic E-state index is 0.0197. The summed E-state index contributed by atoms with van der Waals surface area (Å²) in [4.78, 5) is 12.3. The number of rotatable bonds is 8. The standard InChI is InChI=1S/C21H26N2O3/c1-15(18-11-22-12-18)21(24)23-19-5-3-4-17(10-19)14-26-13-16-6-8-20(25-2)9-7-16/h3-10,15,18,22H,11-14H2,1-2H3,(H,23,24). The van der Waals surface area contributed by atoms with Gasteiger partial charge >= 0.3 is 0 Å². The first-order valence-corrected chi connectivity index (χ1v) is 8.97. The van der Waals surface area contributed by atoms with Gasteiger partial charge in [0.25, 0.3) is 0 Å². The van der Waals surface area contributed by atoms with E-state index in [2.05, 4.69) is 10.6 Å². The summed E-state index contributed by atoms with van der Waals surface area (Å²) in [5.74, 6) is 1.37. The van der Waals surface area contributed by atoms with E-state index in [9.17, 15) is 4.79 Å². The summed E-state index contributed by atoms with van der Waals surface area (Å²) < 4.78 is 10.9. The number of hydrogen-bond acceptors (Lipinski definition) is 4. The van der Waals surface area contributed by atoms with Crippen LogP contribution in [0.15, 0.2) is 48.5 Å². The molecular weight excluding hydrogens is 328 g/mol. The van der Waals surface area contributed by atoms with Crippen LogP contribution in [0.25, 0.3) is 0 Å². The van der Waals surface area contributed by atoms with E-state index < -0.39 is 0 Å². The molecule has 26 heavy (non-hydrogen) atoms. The maximum Gasteiger partial charge on any atom is 0.227 e. The Bertz CT molecular complexity index is 726. The van der Waals surface area contributed by atoms with E-state index in [-0.39, 0.29) is 11.8 Å². The van der Waals surface area contributed by atoms with Crippen LogP contribution in [0.4, 0.5) is 5.69 Å². The first-order chi connectivity index (χ1) is 12.7. The van der Waals surface area contributed by atoms with Crippen LogP contribution < -0.4 is 15.4 Å². The van der Waals surface area contributed by atoms with Crippen molar-refractivity contribution in [3.63, 3.8) is 0 Å². The minimum Gasteiger partial charge on any atom is -0.497 e. The Kier molecular flexibility index (Phi) is 6.26. The fourth-order valence-electron chi connectivity index (χ4n) is 2.88. The fraction of sp³-hybridized carbons (Fsp3) is 0.381. The number of carbonyl (C=O) groups is 1. The number of methoxy groups -OCH3 is 1. The zero-order valence-electron chi connectivity index (χ0n) is 15.3. The summed E-state index contributed by atoms with van der Waals surface area (Å²) in [5, 5.41) is 6.23. The number of ether oxygens (including phenoxy) is 2. The van der Waals surface area contributed by atoms with Crippen molar-refractivity contribution >= 4 is 11.6 Å². The third-order valence-electron chi connectivity index (χ3n) is 4.82. The van der Waals surface area contributed by atoms with Gasteiger partial charge < -0.3 is 20.1 Å². The van der Waals surface area contributed by atoms with Gasteiger partial charge in [-0.05, 0) is 54.4 Å². The molecule has 1 heterocycles. The molecule has 1 amide bonds. The van der Waals surface area contributed by atoms with Crippen molar-refractivity contribution in [3.05, 3.63) is 59.7 Å². The SMILES string of the molecule is COc1ccc(COCc2cccc(NC(=O)C(C)C3CNC3)c2)cc1. The van der Waals surface area contributed by atoms with Crippen molar-refractivity contribution in [2.24, 2.45) is 11.8 Å². The van der Waals surface area contributed by atoms with E-state index in [1.807, 2.05) is 55.5 Å². The zero-order valence-corrected chi connectivity index (χ0v) is 15.3. The van der Waals surface area contributed by atoms with Gasteiger partial charge in [-0.1, -0.05) is 31.2 Å². The molecule has 1 saturated heterocycles. The Morgan fingerprint density at radius 2 is 1.88 bits per heavy atom. The van der Waals surface area contributed by atoms with Gasteiger partial charge in [0.15, 0.2) is 0 Å². The van der Waals surface area contributed by atoms with Crippen LogP contribution in [0.2, 0.25) is 0 Å². The van der Waals surface area contributed by atoms with Crippen molar-refractivity contribution in [1.82, 2.24) is 5.32 Å². The van der Waals surface area contributed by atoms with Gasteiger partial charge in [0.2, 0.25) is 5.91 Å². The Balaban J connectivity index is 1.49. The van der Waals surface area contributed by atoms with Crippen LogP contribution in [0.5, 0.6) is 5.75 Å². The molecule has 1 unspecified atom stereocenters. The molecule has 1 aliphatic rings. The quantitative estimate of drug-likeness (QED) is 0.764. The molecule has 1 atom stereocenters. The molecule has 138 valence electrons. The summed E-state index contributed by atoms with van der Waals surface area (Å²) >= 11 is 0. The molecule has 0 saturated carbocycles. The van der Waals surface area contributed by atoms with E-state index in [4.69, 9.17) is 9.47 Å². The van der Waals surface area contributed by atoms with Crippen LogP contribution >= 0.6 is 0 Å². The van der Waals surface area contributed by atoms with Gasteiger partial charge in [0.1, 0.15) is 5.75 Å². The molecule has 2 aromatic carbocycles. The number of nitrogens with one attached hydrogen (secondary N) is 2. The lowest BCUT2D eigenvalue weighted by Gasteiger charge is -2.31. The average Bonchev–Trinajstić information content (AvgIpc) is 2.61. The maximum absolute atomic E-state index is 12.3. The second kappa shape index (κ2) is 8.83. The Hall–Kier alpha value is -2.37. The topological polar surface area (TPSA) is 59.6 Å². The van der Waals surface area contributed by atoms with E-state index in [0.29, 0.717) is 19.1 Å². The van der Waals surface area contributed by atoms with Crippen LogP contribution in [0.3, 0.4) is 0 Å². The molecule has 0 radical (unpaired) electrons. The molecule has 0 spiro atoms. The van der Waals surface area contributed by atoms with E-state index >= 15 is 0 Å². The second-order valence-corrected chi connectivity index (χ2v) is 6.74. The minimum atomic E-state index is 0.0197. The summed E-state index contributed by atoms with van der Waals surface area (Å²) in [6, 6.07) is 15.7. The highest BCUT2D eigenvalue weighted by molar-refractivity contribution is 5.92. The maximum atomic E-state index is 12.3. The number of anilines is 1. The summed E-state index contributed by atoms with van der Waals surface area (Å²) in [5.41, 5.74) is 2.95. The predicted molar refractivity (Wildman–Crippen MR) is 102 cm³/mol. The molecule has 2 aromatic rings. The van der Waals surface area contributed by atoms with Crippen LogP contribution in [-0.2, 0) is 22.7 Å². The van der Waals surface area contributed by atoms with Crippen LogP contribution in [0, 0.1) is 11.8 Å². The molecule has 0 bridgehead atoms. The lowest BCUT2D eigenvalue weighted by molar-refractivity contribution is -0.121. The highest BCUT2D eigenvalue weighted by Crippen LogP contribution is 2.19. The molecule has 1 fully saturated rings. The highest BCUT2D eigenvalue weighted by Gasteiger charge is 2.28. The molecule has 3 rings (SSSR count). The van der Waals surface area contributed by atoms with Gasteiger partial charge in [-0.2, -0.15) is 0 Å². The monoisotopic (exact) mass is 354 g/mol. The van der Waals surface area contributed by atoms with E-state index in [1.165, 1.54) is 0 Å². The lowest BCUT2D eigenvalue weighted by atomic mass is 9.88. The van der Waals surface area contributed by atoms with Crippen molar-refractivity contribution in [3.8, 4) is 5.75 Å². The first-order valence-electron chi connectivity index (χ1n) is 8.97. The molecular formula is C21H26N2O3.